The van der Waals surface area contributed by atoms with Crippen molar-refractivity contribution in [2.75, 3.05) is 0 Å². The van der Waals surface area contributed by atoms with Crippen LogP contribution in [0.4, 0.5) is 0 Å². The fourth-order valence-electron chi connectivity index (χ4n) is 4.48. The maximum absolute atomic E-state index is 9.53. The maximum atomic E-state index is 9.53. The number of benzene rings is 1. The second kappa shape index (κ2) is 11.4. The third kappa shape index (κ3) is 6.46. The van der Waals surface area contributed by atoms with E-state index in [4.69, 9.17) is 0 Å². The monoisotopic (exact) mass is 353 g/mol. The molecular weight excluding hydrogens is 314 g/mol. The van der Waals surface area contributed by atoms with Crippen molar-refractivity contribution in [3.05, 3.63) is 35.4 Å². The van der Waals surface area contributed by atoms with Crippen molar-refractivity contribution in [1.29, 1.82) is 5.26 Å². The highest BCUT2D eigenvalue weighted by Crippen LogP contribution is 2.38. The molecule has 0 spiro atoms. The van der Waals surface area contributed by atoms with Gasteiger partial charge in [0.25, 0.3) is 0 Å². The molecule has 2 atom stereocenters. The minimum Gasteiger partial charge on any atom is -0.198 e. The molecule has 1 aromatic rings. The summed E-state index contributed by atoms with van der Waals surface area (Å²) in [5.74, 6) is 2.39. The fraction of sp³-hybridized carbons (Fsp3) is 0.720. The van der Waals surface area contributed by atoms with Crippen molar-refractivity contribution in [3.63, 3.8) is 0 Å². The average molecular weight is 354 g/mol. The summed E-state index contributed by atoms with van der Waals surface area (Å²) in [6, 6.07) is 11.6. The lowest BCUT2D eigenvalue weighted by atomic mass is 9.76. The summed E-state index contributed by atoms with van der Waals surface area (Å²) in [6.45, 7) is 6.75. The van der Waals surface area contributed by atoms with E-state index in [0.717, 1.165) is 24.7 Å². The molecule has 1 saturated carbocycles. The quantitative estimate of drug-likeness (QED) is 0.391. The highest BCUT2D eigenvalue weighted by Gasteiger charge is 2.22. The van der Waals surface area contributed by atoms with Crippen LogP contribution in [0.5, 0.6) is 0 Å². The van der Waals surface area contributed by atoms with Crippen molar-refractivity contribution in [2.24, 2.45) is 11.8 Å². The molecule has 2 unspecified atom stereocenters. The van der Waals surface area contributed by atoms with Crippen LogP contribution < -0.4 is 0 Å². The minimum atomic E-state index is 0.0536. The standard InChI is InChI=1S/C25H39N/c1-4-6-7-8-9-21-10-12-22(13-11-21)23-14-16-24(17-15-23)25(19-26)18-20(3)5-2/h14-17,20-22,25H,4-13,18H2,1-3H3. The molecule has 0 aromatic heterocycles. The van der Waals surface area contributed by atoms with Gasteiger partial charge in [0.15, 0.2) is 0 Å². The first-order valence-corrected chi connectivity index (χ1v) is 11.2. The molecule has 1 nitrogen and oxygen atoms in total. The van der Waals surface area contributed by atoms with Crippen LogP contribution >= 0.6 is 0 Å². The van der Waals surface area contributed by atoms with Crippen LogP contribution in [0.2, 0.25) is 0 Å². The van der Waals surface area contributed by atoms with E-state index in [-0.39, 0.29) is 5.92 Å². The third-order valence-electron chi connectivity index (χ3n) is 6.61. The Morgan fingerprint density at radius 1 is 1.00 bits per heavy atom. The minimum absolute atomic E-state index is 0.0536. The first kappa shape index (κ1) is 21.0. The van der Waals surface area contributed by atoms with E-state index in [1.165, 1.54) is 68.9 Å². The Balaban J connectivity index is 1.83. The highest BCUT2D eigenvalue weighted by atomic mass is 14.3. The SMILES string of the molecule is CCCCCCC1CCC(c2ccc(C(C#N)CC(C)CC)cc2)CC1. The molecule has 1 aromatic carbocycles. The molecule has 1 aliphatic carbocycles. The highest BCUT2D eigenvalue weighted by molar-refractivity contribution is 5.30. The van der Waals surface area contributed by atoms with E-state index in [1.807, 2.05) is 0 Å². The van der Waals surface area contributed by atoms with Crippen LogP contribution in [0.15, 0.2) is 24.3 Å². The van der Waals surface area contributed by atoms with Gasteiger partial charge in [-0.2, -0.15) is 5.26 Å². The number of unbranched alkanes of at least 4 members (excludes halogenated alkanes) is 3. The molecule has 2 rings (SSSR count). The van der Waals surface area contributed by atoms with Crippen molar-refractivity contribution >= 4 is 0 Å². The predicted octanol–water partition coefficient (Wildman–Crippen LogP) is 7.97. The van der Waals surface area contributed by atoms with Gasteiger partial charge < -0.3 is 0 Å². The van der Waals surface area contributed by atoms with Gasteiger partial charge >= 0.3 is 0 Å². The molecule has 0 radical (unpaired) electrons. The summed E-state index contributed by atoms with van der Waals surface area (Å²) in [6.07, 6.45) is 14.7. The molecule has 26 heavy (non-hydrogen) atoms. The normalized spacial score (nSPS) is 22.5. The second-order valence-electron chi connectivity index (χ2n) is 8.66. The van der Waals surface area contributed by atoms with Crippen LogP contribution in [-0.2, 0) is 0 Å². The second-order valence-corrected chi connectivity index (χ2v) is 8.66. The Bertz CT molecular complexity index is 530. The molecule has 0 bridgehead atoms. The van der Waals surface area contributed by atoms with Gasteiger partial charge in [-0.1, -0.05) is 83.6 Å². The van der Waals surface area contributed by atoms with E-state index in [9.17, 15) is 5.26 Å². The smallest absolute Gasteiger partial charge is 0.0715 e. The Morgan fingerprint density at radius 3 is 2.27 bits per heavy atom. The van der Waals surface area contributed by atoms with Crippen molar-refractivity contribution in [1.82, 2.24) is 0 Å². The number of hydrogen-bond donors (Lipinski definition) is 0. The Labute approximate surface area is 162 Å². The van der Waals surface area contributed by atoms with Crippen LogP contribution in [0, 0.1) is 23.2 Å². The maximum Gasteiger partial charge on any atom is 0.0715 e. The summed E-state index contributed by atoms with van der Waals surface area (Å²) in [5.41, 5.74) is 2.71. The summed E-state index contributed by atoms with van der Waals surface area (Å²) >= 11 is 0. The van der Waals surface area contributed by atoms with Crippen LogP contribution in [0.25, 0.3) is 0 Å². The van der Waals surface area contributed by atoms with Crippen molar-refractivity contribution < 1.29 is 0 Å². The molecule has 0 N–H and O–H groups in total. The third-order valence-corrected chi connectivity index (χ3v) is 6.61. The molecule has 1 aliphatic rings. The average Bonchev–Trinajstić information content (AvgIpc) is 2.70. The Morgan fingerprint density at radius 2 is 1.69 bits per heavy atom. The summed E-state index contributed by atoms with van der Waals surface area (Å²) < 4.78 is 0. The molecule has 0 aliphatic heterocycles. The lowest BCUT2D eigenvalue weighted by Gasteiger charge is -2.29. The van der Waals surface area contributed by atoms with Crippen LogP contribution in [-0.4, -0.2) is 0 Å². The number of rotatable bonds is 10. The van der Waals surface area contributed by atoms with Gasteiger partial charge in [0.1, 0.15) is 0 Å². The van der Waals surface area contributed by atoms with Gasteiger partial charge in [0.2, 0.25) is 0 Å². The first-order chi connectivity index (χ1) is 12.7. The largest absolute Gasteiger partial charge is 0.198 e. The fourth-order valence-corrected chi connectivity index (χ4v) is 4.48. The van der Waals surface area contributed by atoms with Gasteiger partial charge in [-0.15, -0.1) is 0 Å². The lowest BCUT2D eigenvalue weighted by Crippen LogP contribution is -2.13. The molecule has 1 fully saturated rings. The zero-order valence-corrected chi connectivity index (χ0v) is 17.3. The molecule has 0 amide bonds. The zero-order chi connectivity index (χ0) is 18.8. The lowest BCUT2D eigenvalue weighted by molar-refractivity contribution is 0.302. The molecular formula is C25H39N. The summed E-state index contributed by atoms with van der Waals surface area (Å²) in [7, 11) is 0. The number of nitriles is 1. The topological polar surface area (TPSA) is 23.8 Å². The molecule has 144 valence electrons. The van der Waals surface area contributed by atoms with Gasteiger partial charge in [0, 0.05) is 0 Å². The molecule has 0 saturated heterocycles. The van der Waals surface area contributed by atoms with Crippen molar-refractivity contribution in [3.8, 4) is 6.07 Å². The van der Waals surface area contributed by atoms with Gasteiger partial charge in [-0.25, -0.2) is 0 Å². The van der Waals surface area contributed by atoms with Crippen LogP contribution in [0.1, 0.15) is 114 Å². The van der Waals surface area contributed by atoms with E-state index in [2.05, 4.69) is 51.1 Å². The zero-order valence-electron chi connectivity index (χ0n) is 17.3. The van der Waals surface area contributed by atoms with E-state index in [1.54, 1.807) is 0 Å². The Hall–Kier alpha value is -1.29. The number of nitrogens with zero attached hydrogens (tertiary/aromatic N) is 1. The van der Waals surface area contributed by atoms with Gasteiger partial charge in [-0.3, -0.25) is 0 Å². The van der Waals surface area contributed by atoms with Gasteiger partial charge in [0.05, 0.1) is 12.0 Å². The van der Waals surface area contributed by atoms with E-state index >= 15 is 0 Å². The summed E-state index contributed by atoms with van der Waals surface area (Å²) in [5, 5.41) is 9.53. The first-order valence-electron chi connectivity index (χ1n) is 11.2. The predicted molar refractivity (Wildman–Crippen MR) is 112 cm³/mol. The van der Waals surface area contributed by atoms with Crippen molar-refractivity contribution in [2.45, 2.75) is 103 Å². The van der Waals surface area contributed by atoms with E-state index < -0.39 is 0 Å². The van der Waals surface area contributed by atoms with Crippen LogP contribution in [0.3, 0.4) is 0 Å². The summed E-state index contributed by atoms with van der Waals surface area (Å²) in [4.78, 5) is 0. The Kier molecular flexibility index (Phi) is 9.24. The number of hydrogen-bond acceptors (Lipinski definition) is 1. The van der Waals surface area contributed by atoms with Gasteiger partial charge in [-0.05, 0) is 61.0 Å². The van der Waals surface area contributed by atoms with E-state index in [0.29, 0.717) is 5.92 Å². The molecule has 0 heterocycles. The molecule has 1 heteroatoms.